The van der Waals surface area contributed by atoms with Crippen molar-refractivity contribution >= 4 is 27.5 Å². The Labute approximate surface area is 177 Å². The van der Waals surface area contributed by atoms with Gasteiger partial charge < -0.3 is 4.90 Å². The molecule has 0 unspecified atom stereocenters. The molecule has 2 aliphatic heterocycles. The lowest BCUT2D eigenvalue weighted by molar-refractivity contribution is -0.137. The summed E-state index contributed by atoms with van der Waals surface area (Å²) in [4.78, 5) is 15.0. The molecule has 1 atom stereocenters. The summed E-state index contributed by atoms with van der Waals surface area (Å²) in [7, 11) is -3.50. The van der Waals surface area contributed by atoms with Crippen molar-refractivity contribution < 1.29 is 13.2 Å². The average molecular weight is 433 g/mol. The van der Waals surface area contributed by atoms with Crippen LogP contribution in [0.3, 0.4) is 0 Å². The molecule has 0 saturated carbocycles. The molecule has 2 aromatic carbocycles. The smallest absolute Gasteiger partial charge is 0.227 e. The summed E-state index contributed by atoms with van der Waals surface area (Å²) in [5.74, 6) is -0.295. The Bertz CT molecular complexity index is 1010. The summed E-state index contributed by atoms with van der Waals surface area (Å²) in [6, 6.07) is 15.1. The van der Waals surface area contributed by atoms with Crippen LogP contribution in [0, 0.1) is 5.92 Å². The maximum atomic E-state index is 13.1. The number of hydrogen-bond donors (Lipinski definition) is 0. The number of sulfonamides is 1. The van der Waals surface area contributed by atoms with Gasteiger partial charge in [-0.2, -0.15) is 0 Å². The van der Waals surface area contributed by atoms with Gasteiger partial charge in [0.15, 0.2) is 0 Å². The van der Waals surface area contributed by atoms with Crippen LogP contribution in [0.1, 0.15) is 29.5 Å². The van der Waals surface area contributed by atoms with Gasteiger partial charge in [-0.1, -0.05) is 48.0 Å². The molecule has 0 N–H and O–H groups in total. The maximum Gasteiger partial charge on any atom is 0.227 e. The van der Waals surface area contributed by atoms with Gasteiger partial charge in [-0.3, -0.25) is 4.79 Å². The fourth-order valence-corrected chi connectivity index (χ4v) is 6.08. The number of rotatable bonds is 4. The summed E-state index contributed by atoms with van der Waals surface area (Å²) >= 11 is 5.99. The van der Waals surface area contributed by atoms with Crippen molar-refractivity contribution in [1.82, 2.24) is 9.21 Å². The third-order valence-corrected chi connectivity index (χ3v) is 7.86. The van der Waals surface area contributed by atoms with E-state index in [9.17, 15) is 13.2 Å². The Balaban J connectivity index is 1.43. The summed E-state index contributed by atoms with van der Waals surface area (Å²) in [5, 5.41) is 0.523. The molecule has 0 spiro atoms. The molecule has 7 heteroatoms. The van der Waals surface area contributed by atoms with Crippen LogP contribution in [0.25, 0.3) is 0 Å². The maximum absolute atomic E-state index is 13.1. The van der Waals surface area contributed by atoms with E-state index in [4.69, 9.17) is 11.6 Å². The lowest BCUT2D eigenvalue weighted by atomic mass is 9.95. The van der Waals surface area contributed by atoms with Crippen molar-refractivity contribution in [1.29, 1.82) is 0 Å². The highest BCUT2D eigenvalue weighted by molar-refractivity contribution is 7.88. The van der Waals surface area contributed by atoms with Crippen molar-refractivity contribution in [2.45, 2.75) is 31.6 Å². The summed E-state index contributed by atoms with van der Waals surface area (Å²) in [6.45, 7) is 2.04. The van der Waals surface area contributed by atoms with Crippen molar-refractivity contribution in [3.8, 4) is 0 Å². The van der Waals surface area contributed by atoms with Crippen LogP contribution in [0.15, 0.2) is 48.5 Å². The largest absolute Gasteiger partial charge is 0.338 e. The number of fused-ring (bicyclic) bond motifs is 1. The number of piperidine rings is 1. The first-order valence-corrected chi connectivity index (χ1v) is 12.0. The third kappa shape index (κ3) is 4.65. The minimum Gasteiger partial charge on any atom is -0.338 e. The van der Waals surface area contributed by atoms with E-state index in [-0.39, 0.29) is 24.1 Å². The number of nitrogens with zero attached hydrogens (tertiary/aromatic N) is 2. The Hall–Kier alpha value is -1.89. The minimum absolute atomic E-state index is 0.0714. The molecular weight excluding hydrogens is 408 g/mol. The molecule has 2 aromatic rings. The van der Waals surface area contributed by atoms with E-state index in [0.29, 0.717) is 36.6 Å². The monoisotopic (exact) mass is 432 g/mol. The Morgan fingerprint density at radius 3 is 2.66 bits per heavy atom. The second-order valence-corrected chi connectivity index (χ2v) is 10.3. The predicted molar refractivity (Wildman–Crippen MR) is 114 cm³/mol. The first-order chi connectivity index (χ1) is 13.9. The van der Waals surface area contributed by atoms with Crippen molar-refractivity contribution in [2.75, 3.05) is 19.6 Å². The number of amides is 1. The van der Waals surface area contributed by atoms with E-state index in [2.05, 4.69) is 12.1 Å². The van der Waals surface area contributed by atoms with Gasteiger partial charge in [-0.25, -0.2) is 12.7 Å². The summed E-state index contributed by atoms with van der Waals surface area (Å²) < 4.78 is 27.3. The minimum atomic E-state index is -3.50. The lowest BCUT2D eigenvalue weighted by Gasteiger charge is -2.36. The average Bonchev–Trinajstić information content (AvgIpc) is 2.72. The fourth-order valence-electron chi connectivity index (χ4n) is 4.27. The van der Waals surface area contributed by atoms with E-state index in [1.54, 1.807) is 24.3 Å². The predicted octanol–water partition coefficient (Wildman–Crippen LogP) is 3.47. The van der Waals surface area contributed by atoms with Crippen LogP contribution in [-0.4, -0.2) is 43.2 Å². The molecule has 1 amide bonds. The van der Waals surface area contributed by atoms with E-state index < -0.39 is 10.0 Å². The third-order valence-electron chi connectivity index (χ3n) is 5.81. The summed E-state index contributed by atoms with van der Waals surface area (Å²) in [5.41, 5.74) is 3.15. The number of carbonyl (C=O) groups excluding carboxylic acids is 1. The second-order valence-electron chi connectivity index (χ2n) is 7.86. The first-order valence-electron chi connectivity index (χ1n) is 10.0. The van der Waals surface area contributed by atoms with Gasteiger partial charge >= 0.3 is 0 Å². The van der Waals surface area contributed by atoms with Gasteiger partial charge in [0.25, 0.3) is 0 Å². The zero-order valence-corrected chi connectivity index (χ0v) is 17.8. The quantitative estimate of drug-likeness (QED) is 0.743. The standard InChI is InChI=1S/C22H25ClN2O3S/c23-21-9-3-5-17(13-21)16-29(27,28)25-11-4-8-20(15-25)22(26)24-12-10-18-6-1-2-7-19(18)14-24/h1-3,5-7,9,13,20H,4,8,10-12,14-16H2/t20-/m1/s1. The first kappa shape index (κ1) is 20.4. The normalized spacial score (nSPS) is 20.3. The molecule has 2 aliphatic rings. The van der Waals surface area contributed by atoms with Crippen LogP contribution in [0.2, 0.25) is 5.02 Å². The Morgan fingerprint density at radius 1 is 1.07 bits per heavy atom. The molecule has 154 valence electrons. The van der Waals surface area contributed by atoms with Crippen LogP contribution in [-0.2, 0) is 33.5 Å². The van der Waals surface area contributed by atoms with Crippen LogP contribution in [0.5, 0.6) is 0 Å². The summed E-state index contributed by atoms with van der Waals surface area (Å²) in [6.07, 6.45) is 2.29. The van der Waals surface area contributed by atoms with E-state index in [0.717, 1.165) is 12.8 Å². The highest BCUT2D eigenvalue weighted by atomic mass is 35.5. The van der Waals surface area contributed by atoms with E-state index >= 15 is 0 Å². The van der Waals surface area contributed by atoms with Crippen LogP contribution < -0.4 is 0 Å². The van der Waals surface area contributed by atoms with Crippen molar-refractivity contribution in [2.24, 2.45) is 5.92 Å². The molecule has 1 fully saturated rings. The molecule has 29 heavy (non-hydrogen) atoms. The zero-order chi connectivity index (χ0) is 20.4. The fraction of sp³-hybridized carbons (Fsp3) is 0.409. The number of carbonyl (C=O) groups is 1. The van der Waals surface area contributed by atoms with Gasteiger partial charge in [0.2, 0.25) is 15.9 Å². The highest BCUT2D eigenvalue weighted by Crippen LogP contribution is 2.26. The van der Waals surface area contributed by atoms with Gasteiger partial charge in [0, 0.05) is 31.2 Å². The molecule has 2 heterocycles. The molecule has 0 aliphatic carbocycles. The lowest BCUT2D eigenvalue weighted by Crippen LogP contribution is -2.48. The topological polar surface area (TPSA) is 57.7 Å². The van der Waals surface area contributed by atoms with Gasteiger partial charge in [-0.15, -0.1) is 0 Å². The molecule has 5 nitrogen and oxygen atoms in total. The number of halogens is 1. The van der Waals surface area contributed by atoms with E-state index in [1.165, 1.54) is 15.4 Å². The van der Waals surface area contributed by atoms with Crippen molar-refractivity contribution in [3.05, 3.63) is 70.2 Å². The van der Waals surface area contributed by atoms with Gasteiger partial charge in [0.05, 0.1) is 11.7 Å². The van der Waals surface area contributed by atoms with Gasteiger partial charge in [-0.05, 0) is 48.1 Å². The van der Waals surface area contributed by atoms with Crippen LogP contribution >= 0.6 is 11.6 Å². The second kappa shape index (κ2) is 8.46. The Morgan fingerprint density at radius 2 is 1.86 bits per heavy atom. The number of benzene rings is 2. The van der Waals surface area contributed by atoms with Crippen LogP contribution in [0.4, 0.5) is 0 Å². The highest BCUT2D eigenvalue weighted by Gasteiger charge is 2.35. The molecule has 4 rings (SSSR count). The Kier molecular flexibility index (Phi) is 5.95. The van der Waals surface area contributed by atoms with E-state index in [1.807, 2.05) is 17.0 Å². The molecular formula is C22H25ClN2O3S. The molecule has 1 saturated heterocycles. The SMILES string of the molecule is O=C([C@@H]1CCCN(S(=O)(=O)Cc2cccc(Cl)c2)C1)N1CCc2ccccc2C1. The zero-order valence-electron chi connectivity index (χ0n) is 16.3. The van der Waals surface area contributed by atoms with Gasteiger partial charge in [0.1, 0.15) is 0 Å². The number of hydrogen-bond acceptors (Lipinski definition) is 3. The molecule has 0 aromatic heterocycles. The molecule has 0 radical (unpaired) electrons. The van der Waals surface area contributed by atoms with Crippen molar-refractivity contribution in [3.63, 3.8) is 0 Å². The molecule has 0 bridgehead atoms.